The maximum absolute atomic E-state index is 11.0. The van der Waals surface area contributed by atoms with Crippen molar-refractivity contribution >= 4 is 46.7 Å². The second-order valence-electron chi connectivity index (χ2n) is 2.72. The molecule has 4 nitrogen and oxygen atoms in total. The summed E-state index contributed by atoms with van der Waals surface area (Å²) in [5.41, 5.74) is 0. The van der Waals surface area contributed by atoms with E-state index in [1.165, 1.54) is 0 Å². The van der Waals surface area contributed by atoms with E-state index in [1.807, 2.05) is 0 Å². The lowest BCUT2D eigenvalue weighted by atomic mass is 10.6. The first-order chi connectivity index (χ1) is 6.22. The van der Waals surface area contributed by atoms with Crippen LogP contribution in [-0.4, -0.2) is 41.3 Å². The predicted octanol–water partition coefficient (Wildman–Crippen LogP) is 2.47. The SMILES string of the molecule is C/C(=N/C(=O)OCC(Cl)(Cl)Cl)N(C)C. The zero-order valence-electron chi connectivity index (χ0n) is 8.05. The number of alkyl halides is 3. The fourth-order valence-electron chi connectivity index (χ4n) is 0.408. The Bertz CT molecular complexity index is 236. The number of carbonyl (C=O) groups is 1. The zero-order chi connectivity index (χ0) is 11.4. The standard InChI is InChI=1S/C7H11Cl3N2O2/c1-5(12(2)3)11-6(13)14-4-7(8,9)10/h4H2,1-3H3/b11-5-. The molecule has 0 aromatic carbocycles. The van der Waals surface area contributed by atoms with Gasteiger partial charge in [0, 0.05) is 14.1 Å². The van der Waals surface area contributed by atoms with E-state index < -0.39 is 9.89 Å². The topological polar surface area (TPSA) is 41.9 Å². The summed E-state index contributed by atoms with van der Waals surface area (Å²) in [6, 6.07) is 0. The van der Waals surface area contributed by atoms with Gasteiger partial charge < -0.3 is 9.64 Å². The molecule has 14 heavy (non-hydrogen) atoms. The van der Waals surface area contributed by atoms with Gasteiger partial charge in [-0.15, -0.1) is 0 Å². The van der Waals surface area contributed by atoms with Crippen LogP contribution in [0, 0.1) is 0 Å². The lowest BCUT2D eigenvalue weighted by Crippen LogP contribution is -2.21. The first-order valence-corrected chi connectivity index (χ1v) is 4.82. The van der Waals surface area contributed by atoms with Crippen molar-refractivity contribution in [2.45, 2.75) is 10.7 Å². The van der Waals surface area contributed by atoms with E-state index in [1.54, 1.807) is 25.9 Å². The minimum absolute atomic E-state index is 0.319. The Morgan fingerprint density at radius 2 is 1.93 bits per heavy atom. The van der Waals surface area contributed by atoms with Crippen LogP contribution in [0.15, 0.2) is 4.99 Å². The number of halogens is 3. The van der Waals surface area contributed by atoms with Gasteiger partial charge in [-0.2, -0.15) is 4.99 Å². The molecule has 0 saturated heterocycles. The third-order valence-corrected chi connectivity index (χ3v) is 1.59. The summed E-state index contributed by atoms with van der Waals surface area (Å²) in [6.07, 6.45) is -0.775. The minimum Gasteiger partial charge on any atom is -0.443 e. The highest BCUT2D eigenvalue weighted by atomic mass is 35.6. The molecule has 0 aromatic rings. The molecule has 0 fully saturated rings. The summed E-state index contributed by atoms with van der Waals surface area (Å²) < 4.78 is 2.98. The highest BCUT2D eigenvalue weighted by Crippen LogP contribution is 2.25. The molecular weight excluding hydrogens is 250 g/mol. The number of ether oxygens (including phenoxy) is 1. The maximum atomic E-state index is 11.0. The molecule has 0 aliphatic heterocycles. The lowest BCUT2D eigenvalue weighted by Gasteiger charge is -2.12. The van der Waals surface area contributed by atoms with Crippen LogP contribution in [0.3, 0.4) is 0 Å². The van der Waals surface area contributed by atoms with Crippen LogP contribution in [-0.2, 0) is 4.74 Å². The average molecular weight is 262 g/mol. The summed E-state index contributed by atoms with van der Waals surface area (Å²) in [5, 5.41) is 0. The maximum Gasteiger partial charge on any atom is 0.435 e. The van der Waals surface area contributed by atoms with Crippen molar-refractivity contribution in [3.63, 3.8) is 0 Å². The Morgan fingerprint density at radius 1 is 1.43 bits per heavy atom. The van der Waals surface area contributed by atoms with Crippen LogP contribution in [0.5, 0.6) is 0 Å². The van der Waals surface area contributed by atoms with Crippen LogP contribution in [0.25, 0.3) is 0 Å². The van der Waals surface area contributed by atoms with E-state index in [9.17, 15) is 4.79 Å². The van der Waals surface area contributed by atoms with Gasteiger partial charge in [0.2, 0.25) is 3.79 Å². The molecule has 0 heterocycles. The number of hydrogen-bond donors (Lipinski definition) is 0. The molecule has 0 spiro atoms. The molecule has 0 aliphatic carbocycles. The van der Waals surface area contributed by atoms with Crippen LogP contribution in [0.4, 0.5) is 4.79 Å². The molecule has 0 aliphatic rings. The Kier molecular flexibility index (Phi) is 5.56. The number of amidine groups is 1. The predicted molar refractivity (Wildman–Crippen MR) is 58.4 cm³/mol. The molecule has 0 aromatic heterocycles. The van der Waals surface area contributed by atoms with E-state index in [-0.39, 0.29) is 6.61 Å². The number of amides is 1. The third-order valence-electron chi connectivity index (χ3n) is 1.26. The fourth-order valence-corrected chi connectivity index (χ4v) is 0.572. The summed E-state index contributed by atoms with van der Waals surface area (Å²) in [5.74, 6) is 0.513. The first-order valence-electron chi connectivity index (χ1n) is 3.68. The third kappa shape index (κ3) is 7.24. The van der Waals surface area contributed by atoms with E-state index in [0.717, 1.165) is 0 Å². The number of carbonyl (C=O) groups excluding carboxylic acids is 1. The van der Waals surface area contributed by atoms with Gasteiger partial charge in [0.1, 0.15) is 12.4 Å². The molecule has 0 saturated carbocycles. The van der Waals surface area contributed by atoms with Crippen molar-refractivity contribution in [1.82, 2.24) is 4.90 Å². The molecule has 0 rings (SSSR count). The summed E-state index contributed by atoms with van der Waals surface area (Å²) in [4.78, 5) is 16.2. The van der Waals surface area contributed by atoms with Gasteiger partial charge in [-0.25, -0.2) is 4.79 Å². The molecule has 0 radical (unpaired) electrons. The molecule has 1 amide bonds. The van der Waals surface area contributed by atoms with Gasteiger partial charge >= 0.3 is 6.09 Å². The van der Waals surface area contributed by atoms with Gasteiger partial charge in [-0.1, -0.05) is 34.8 Å². The summed E-state index contributed by atoms with van der Waals surface area (Å²) in [7, 11) is 3.50. The van der Waals surface area contributed by atoms with E-state index in [2.05, 4.69) is 9.73 Å². The van der Waals surface area contributed by atoms with Crippen molar-refractivity contribution in [1.29, 1.82) is 0 Å². The van der Waals surface area contributed by atoms with Crippen molar-refractivity contribution in [2.24, 2.45) is 4.99 Å². The van der Waals surface area contributed by atoms with Gasteiger partial charge in [0.05, 0.1) is 0 Å². The van der Waals surface area contributed by atoms with E-state index in [0.29, 0.717) is 5.84 Å². The number of hydrogen-bond acceptors (Lipinski definition) is 2. The van der Waals surface area contributed by atoms with Crippen LogP contribution in [0.2, 0.25) is 0 Å². The fraction of sp³-hybridized carbons (Fsp3) is 0.714. The number of rotatable bonds is 1. The molecule has 0 bridgehead atoms. The average Bonchev–Trinajstić information content (AvgIpc) is 1.99. The molecule has 7 heteroatoms. The molecule has 0 unspecified atom stereocenters. The van der Waals surface area contributed by atoms with E-state index >= 15 is 0 Å². The van der Waals surface area contributed by atoms with Gasteiger partial charge in [-0.3, -0.25) is 0 Å². The first kappa shape index (κ1) is 13.8. The Hall–Kier alpha value is -0.190. The molecule has 0 N–H and O–H groups in total. The number of nitrogens with zero attached hydrogens (tertiary/aromatic N) is 2. The molecular formula is C7H11Cl3N2O2. The van der Waals surface area contributed by atoms with E-state index in [4.69, 9.17) is 34.8 Å². The normalized spacial score (nSPS) is 12.6. The van der Waals surface area contributed by atoms with Crippen LogP contribution in [0.1, 0.15) is 6.92 Å². The van der Waals surface area contributed by atoms with Gasteiger partial charge in [-0.05, 0) is 6.92 Å². The largest absolute Gasteiger partial charge is 0.443 e. The van der Waals surface area contributed by atoms with Crippen molar-refractivity contribution in [3.8, 4) is 0 Å². The monoisotopic (exact) mass is 260 g/mol. The second-order valence-corrected chi connectivity index (χ2v) is 5.24. The van der Waals surface area contributed by atoms with Crippen LogP contribution < -0.4 is 0 Å². The van der Waals surface area contributed by atoms with Crippen LogP contribution >= 0.6 is 34.8 Å². The summed E-state index contributed by atoms with van der Waals surface area (Å²) in [6.45, 7) is 1.34. The highest BCUT2D eigenvalue weighted by Gasteiger charge is 2.22. The smallest absolute Gasteiger partial charge is 0.435 e. The van der Waals surface area contributed by atoms with Gasteiger partial charge in [0.15, 0.2) is 0 Å². The van der Waals surface area contributed by atoms with Crippen molar-refractivity contribution in [2.75, 3.05) is 20.7 Å². The number of aliphatic imine (C=N–C) groups is 1. The zero-order valence-corrected chi connectivity index (χ0v) is 10.3. The molecule has 0 atom stereocenters. The second kappa shape index (κ2) is 5.63. The lowest BCUT2D eigenvalue weighted by molar-refractivity contribution is 0.159. The quantitative estimate of drug-likeness (QED) is 0.414. The highest BCUT2D eigenvalue weighted by molar-refractivity contribution is 6.67. The Balaban J connectivity index is 4.06. The Labute approximate surface area is 97.8 Å². The summed E-state index contributed by atoms with van der Waals surface area (Å²) >= 11 is 16.1. The van der Waals surface area contributed by atoms with Crippen molar-refractivity contribution in [3.05, 3.63) is 0 Å². The molecule has 82 valence electrons. The Morgan fingerprint density at radius 3 is 2.29 bits per heavy atom. The van der Waals surface area contributed by atoms with Gasteiger partial charge in [0.25, 0.3) is 0 Å². The van der Waals surface area contributed by atoms with Crippen molar-refractivity contribution < 1.29 is 9.53 Å². The minimum atomic E-state index is -1.60.